The summed E-state index contributed by atoms with van der Waals surface area (Å²) in [6.07, 6.45) is -2.49. The van der Waals surface area contributed by atoms with Gasteiger partial charge in [0.15, 0.2) is 0 Å². The van der Waals surface area contributed by atoms with Gasteiger partial charge < -0.3 is 20.7 Å². The second kappa shape index (κ2) is 8.54. The van der Waals surface area contributed by atoms with Gasteiger partial charge in [-0.3, -0.25) is 4.98 Å². The summed E-state index contributed by atoms with van der Waals surface area (Å²) in [7, 11) is 0. The Balaban J connectivity index is 2.00. The van der Waals surface area contributed by atoms with E-state index in [4.69, 9.17) is 10.5 Å². The molecule has 1 aliphatic carbocycles. The number of hydrogen-bond donors (Lipinski definition) is 3. The first-order chi connectivity index (χ1) is 12.1. The van der Waals surface area contributed by atoms with Gasteiger partial charge in [0.1, 0.15) is 11.4 Å². The molecule has 0 amide bonds. The molecular weight excluding hydrogens is 349 g/mol. The molecule has 0 bridgehead atoms. The molecule has 26 heavy (non-hydrogen) atoms. The molecule has 4 N–H and O–H groups in total. The highest BCUT2D eigenvalue weighted by Gasteiger charge is 2.41. The van der Waals surface area contributed by atoms with E-state index in [2.05, 4.69) is 4.98 Å². The fourth-order valence-corrected chi connectivity index (χ4v) is 2.84. The van der Waals surface area contributed by atoms with Gasteiger partial charge in [0, 0.05) is 36.8 Å². The van der Waals surface area contributed by atoms with Crippen LogP contribution in [-0.4, -0.2) is 45.7 Å². The topological polar surface area (TPSA) is 88.6 Å². The van der Waals surface area contributed by atoms with Crippen molar-refractivity contribution in [1.82, 2.24) is 4.98 Å². The molecule has 1 aromatic heterocycles. The number of aliphatic hydroxyl groups is 2. The summed E-state index contributed by atoms with van der Waals surface area (Å²) in [6, 6.07) is 2.06. The van der Waals surface area contributed by atoms with Gasteiger partial charge in [-0.2, -0.15) is 13.2 Å². The summed E-state index contributed by atoms with van der Waals surface area (Å²) in [5.74, 6) is 1.32. The van der Waals surface area contributed by atoms with E-state index in [9.17, 15) is 23.4 Å². The summed E-state index contributed by atoms with van der Waals surface area (Å²) in [5, 5.41) is 20.7. The molecule has 8 heteroatoms. The predicted octanol–water partition coefficient (Wildman–Crippen LogP) is 2.58. The lowest BCUT2D eigenvalue weighted by molar-refractivity contribution is -0.144. The van der Waals surface area contributed by atoms with Crippen LogP contribution in [0, 0.1) is 5.92 Å². The van der Waals surface area contributed by atoms with Crippen molar-refractivity contribution >= 4 is 0 Å². The summed E-state index contributed by atoms with van der Waals surface area (Å²) in [5.41, 5.74) is 4.29. The highest BCUT2D eigenvalue weighted by molar-refractivity contribution is 5.24. The van der Waals surface area contributed by atoms with Crippen LogP contribution in [0.2, 0.25) is 0 Å². The van der Waals surface area contributed by atoms with Crippen LogP contribution in [0.4, 0.5) is 13.2 Å². The molecule has 1 fully saturated rings. The molecule has 3 atom stereocenters. The fraction of sp³-hybridized carbons (Fsp3) is 0.722. The second-order valence-corrected chi connectivity index (χ2v) is 7.17. The van der Waals surface area contributed by atoms with Crippen molar-refractivity contribution in [3.05, 3.63) is 24.0 Å². The quantitative estimate of drug-likeness (QED) is 0.584. The zero-order chi connectivity index (χ0) is 19.4. The third-order valence-electron chi connectivity index (χ3n) is 4.85. The average molecular weight is 376 g/mol. The van der Waals surface area contributed by atoms with Gasteiger partial charge in [-0.25, -0.2) is 0 Å². The van der Waals surface area contributed by atoms with Crippen molar-refractivity contribution < 1.29 is 28.1 Å². The van der Waals surface area contributed by atoms with Gasteiger partial charge in [-0.05, 0) is 31.7 Å². The molecule has 1 aromatic rings. The number of aromatic nitrogens is 1. The van der Waals surface area contributed by atoms with Crippen LogP contribution < -0.4 is 10.5 Å². The molecule has 0 radical (unpaired) electrons. The maximum absolute atomic E-state index is 12.4. The van der Waals surface area contributed by atoms with E-state index in [1.807, 2.05) is 0 Å². The monoisotopic (exact) mass is 376 g/mol. The second-order valence-electron chi connectivity index (χ2n) is 7.17. The van der Waals surface area contributed by atoms with Crippen molar-refractivity contribution in [2.24, 2.45) is 11.7 Å². The maximum Gasteiger partial charge on any atom is 0.389 e. The number of nitrogens with two attached hydrogens (primary N) is 1. The van der Waals surface area contributed by atoms with Crippen LogP contribution in [0.3, 0.4) is 0 Å². The summed E-state index contributed by atoms with van der Waals surface area (Å²) >= 11 is 0. The normalized spacial score (nSPS) is 19.7. The Labute approximate surface area is 151 Å². The number of alkyl halides is 3. The van der Waals surface area contributed by atoms with Crippen LogP contribution in [0.15, 0.2) is 18.3 Å². The first kappa shape index (κ1) is 20.9. The van der Waals surface area contributed by atoms with Crippen molar-refractivity contribution in [2.75, 3.05) is 6.61 Å². The Morgan fingerprint density at radius 2 is 2.08 bits per heavy atom. The third kappa shape index (κ3) is 6.41. The smallest absolute Gasteiger partial charge is 0.389 e. The van der Waals surface area contributed by atoms with Gasteiger partial charge >= 0.3 is 6.18 Å². The summed E-state index contributed by atoms with van der Waals surface area (Å²) < 4.78 is 43.0. The van der Waals surface area contributed by atoms with Crippen molar-refractivity contribution in [3.63, 3.8) is 0 Å². The van der Waals surface area contributed by atoms with Gasteiger partial charge in [0.2, 0.25) is 0 Å². The van der Waals surface area contributed by atoms with E-state index < -0.39 is 36.8 Å². The molecule has 1 aliphatic rings. The zero-order valence-corrected chi connectivity index (χ0v) is 14.9. The lowest BCUT2D eigenvalue weighted by Crippen LogP contribution is -2.57. The van der Waals surface area contributed by atoms with Gasteiger partial charge in [0.25, 0.3) is 0 Å². The Kier molecular flexibility index (Phi) is 6.87. The van der Waals surface area contributed by atoms with Gasteiger partial charge in [-0.15, -0.1) is 0 Å². The Hall–Kier alpha value is -1.38. The maximum atomic E-state index is 12.4. The van der Waals surface area contributed by atoms with E-state index in [1.54, 1.807) is 12.1 Å². The highest BCUT2D eigenvalue weighted by atomic mass is 19.4. The number of aliphatic hydroxyl groups excluding tert-OH is 1. The number of nitrogens with zero attached hydrogens (tertiary/aromatic N) is 1. The molecule has 148 valence electrons. The van der Waals surface area contributed by atoms with Crippen molar-refractivity contribution in [1.29, 1.82) is 0 Å². The van der Waals surface area contributed by atoms with E-state index in [1.165, 1.54) is 26.0 Å². The molecule has 0 aromatic carbocycles. The zero-order valence-electron chi connectivity index (χ0n) is 14.9. The third-order valence-corrected chi connectivity index (χ3v) is 4.85. The van der Waals surface area contributed by atoms with E-state index >= 15 is 0 Å². The Morgan fingerprint density at radius 1 is 1.38 bits per heavy atom. The van der Waals surface area contributed by atoms with Crippen LogP contribution in [0.5, 0.6) is 5.75 Å². The number of halogens is 3. The molecule has 0 spiro atoms. The molecule has 5 nitrogen and oxygen atoms in total. The van der Waals surface area contributed by atoms with Gasteiger partial charge in [-0.1, -0.05) is 12.8 Å². The van der Waals surface area contributed by atoms with Crippen LogP contribution in [0.1, 0.15) is 44.7 Å². The van der Waals surface area contributed by atoms with E-state index in [0.29, 0.717) is 18.1 Å². The molecule has 1 heterocycles. The average Bonchev–Trinajstić information content (AvgIpc) is 3.36. The minimum Gasteiger partial charge on any atom is -0.493 e. The van der Waals surface area contributed by atoms with E-state index in [0.717, 1.165) is 12.3 Å². The highest BCUT2D eigenvalue weighted by Crippen LogP contribution is 2.32. The largest absolute Gasteiger partial charge is 0.493 e. The molecule has 3 unspecified atom stereocenters. The SMILES string of the molecule is CC(O)C(O)(Cc1cc(OCCC2CC2)ccn1)C(N)CCC(F)(F)F. The van der Waals surface area contributed by atoms with Crippen molar-refractivity contribution in [3.8, 4) is 5.75 Å². The molecule has 0 saturated heterocycles. The number of hydrogen-bond acceptors (Lipinski definition) is 5. The molecule has 1 saturated carbocycles. The van der Waals surface area contributed by atoms with Crippen LogP contribution in [0.25, 0.3) is 0 Å². The Bertz CT molecular complexity index is 579. The number of ether oxygens (including phenoxy) is 1. The fourth-order valence-electron chi connectivity index (χ4n) is 2.84. The first-order valence-electron chi connectivity index (χ1n) is 8.90. The number of pyridine rings is 1. The molecular formula is C18H27F3N2O3. The van der Waals surface area contributed by atoms with E-state index in [-0.39, 0.29) is 6.42 Å². The lowest BCUT2D eigenvalue weighted by atomic mass is 9.82. The lowest BCUT2D eigenvalue weighted by Gasteiger charge is -2.36. The predicted molar refractivity (Wildman–Crippen MR) is 90.7 cm³/mol. The minimum absolute atomic E-state index is 0.163. The minimum atomic E-state index is -4.37. The van der Waals surface area contributed by atoms with Crippen LogP contribution in [-0.2, 0) is 6.42 Å². The van der Waals surface area contributed by atoms with Gasteiger partial charge in [0.05, 0.1) is 12.7 Å². The summed E-state index contributed by atoms with van der Waals surface area (Å²) in [6.45, 7) is 1.89. The molecule has 2 rings (SSSR count). The first-order valence-corrected chi connectivity index (χ1v) is 8.90. The van der Waals surface area contributed by atoms with Crippen LogP contribution >= 0.6 is 0 Å². The Morgan fingerprint density at radius 3 is 2.65 bits per heavy atom. The van der Waals surface area contributed by atoms with Crippen molar-refractivity contribution in [2.45, 2.75) is 69.4 Å². The standard InChI is InChI=1S/C18H27F3N2O3/c1-12(24)17(25,16(22)4-7-18(19,20)21)11-14-10-15(5-8-23-14)26-9-6-13-2-3-13/h5,8,10,12-13,16,24-25H,2-4,6-7,9,11,22H2,1H3. The molecule has 0 aliphatic heterocycles. The summed E-state index contributed by atoms with van der Waals surface area (Å²) in [4.78, 5) is 4.12. The number of rotatable bonds is 10.